The lowest BCUT2D eigenvalue weighted by atomic mass is 9.75. The summed E-state index contributed by atoms with van der Waals surface area (Å²) in [5.41, 5.74) is 2.10. The maximum Gasteiger partial charge on any atom is 0.201 e. The van der Waals surface area contributed by atoms with Crippen LogP contribution < -0.4 is 4.74 Å². The van der Waals surface area contributed by atoms with Gasteiger partial charge in [-0.15, -0.1) is 0 Å². The molecule has 1 unspecified atom stereocenters. The number of halogens is 6. The number of hydrogen-bond acceptors (Lipinski definition) is 1. The van der Waals surface area contributed by atoms with Crippen molar-refractivity contribution >= 4 is 5.57 Å². The van der Waals surface area contributed by atoms with Gasteiger partial charge in [0.1, 0.15) is 0 Å². The second-order valence-electron chi connectivity index (χ2n) is 11.8. The van der Waals surface area contributed by atoms with Crippen molar-refractivity contribution in [2.75, 3.05) is 6.61 Å². The summed E-state index contributed by atoms with van der Waals surface area (Å²) >= 11 is 0. The van der Waals surface area contributed by atoms with Crippen molar-refractivity contribution in [3.63, 3.8) is 0 Å². The quantitative estimate of drug-likeness (QED) is 0.173. The number of allylic oxidation sites excluding steroid dienone is 4. The number of aryl methyl sites for hydroxylation is 1. The van der Waals surface area contributed by atoms with Gasteiger partial charge >= 0.3 is 0 Å². The summed E-state index contributed by atoms with van der Waals surface area (Å²) in [6.45, 7) is 3.79. The van der Waals surface area contributed by atoms with Crippen molar-refractivity contribution < 1.29 is 31.1 Å². The molecule has 2 aliphatic rings. The number of benzene rings is 3. The van der Waals surface area contributed by atoms with Crippen LogP contribution >= 0.6 is 0 Å². The smallest absolute Gasteiger partial charge is 0.201 e. The number of ether oxygens (including phenoxy) is 1. The minimum absolute atomic E-state index is 0.139. The first kappa shape index (κ1) is 31.9. The molecule has 0 saturated heterocycles. The lowest BCUT2D eigenvalue weighted by Gasteiger charge is -2.30. The molecule has 0 N–H and O–H groups in total. The minimum atomic E-state index is -1.03. The first-order valence-electron chi connectivity index (χ1n) is 15.6. The van der Waals surface area contributed by atoms with E-state index < -0.39 is 34.9 Å². The molecule has 0 radical (unpaired) electrons. The van der Waals surface area contributed by atoms with Crippen LogP contribution in [-0.4, -0.2) is 6.61 Å². The van der Waals surface area contributed by atoms with Crippen LogP contribution in [-0.2, 0) is 6.42 Å². The molecule has 0 bridgehead atoms. The molecule has 0 aliphatic heterocycles. The van der Waals surface area contributed by atoms with Crippen LogP contribution in [0.3, 0.4) is 0 Å². The van der Waals surface area contributed by atoms with Gasteiger partial charge in [-0.1, -0.05) is 42.5 Å². The molecule has 234 valence electrons. The Hall–Kier alpha value is -3.48. The molecule has 1 saturated carbocycles. The van der Waals surface area contributed by atoms with Crippen molar-refractivity contribution in [2.45, 2.75) is 89.4 Å². The predicted molar refractivity (Wildman–Crippen MR) is 162 cm³/mol. The Labute approximate surface area is 255 Å². The molecule has 1 atom stereocenters. The summed E-state index contributed by atoms with van der Waals surface area (Å²) in [6, 6.07) is 9.53. The maximum atomic E-state index is 15.4. The molecule has 2 aliphatic carbocycles. The highest BCUT2D eigenvalue weighted by atomic mass is 19.2. The van der Waals surface area contributed by atoms with Gasteiger partial charge in [0, 0.05) is 5.56 Å². The molecule has 0 amide bonds. The van der Waals surface area contributed by atoms with Crippen LogP contribution in [0.25, 0.3) is 5.57 Å². The summed E-state index contributed by atoms with van der Waals surface area (Å²) in [5, 5.41) is 0. The van der Waals surface area contributed by atoms with E-state index in [0.717, 1.165) is 0 Å². The van der Waals surface area contributed by atoms with E-state index in [1.54, 1.807) is 37.3 Å². The first-order valence-corrected chi connectivity index (χ1v) is 15.6. The third-order valence-electron chi connectivity index (χ3n) is 9.30. The van der Waals surface area contributed by atoms with Crippen molar-refractivity contribution in [1.29, 1.82) is 0 Å². The van der Waals surface area contributed by atoms with E-state index in [-0.39, 0.29) is 41.2 Å². The SMILES string of the molecule is C/C=C/CCc1ccc(C2CCC(c3ccc(C4CC=C(c5ccc(OCC)c(F)c5F)CC4)c(F)c3F)CC2)c(F)c1F. The first-order chi connectivity index (χ1) is 21.2. The zero-order chi connectivity index (χ0) is 31.4. The monoisotopic (exact) mass is 612 g/mol. The molecule has 44 heavy (non-hydrogen) atoms. The van der Waals surface area contributed by atoms with Gasteiger partial charge in [-0.25, -0.2) is 22.0 Å². The zero-order valence-corrected chi connectivity index (χ0v) is 25.2. The van der Waals surface area contributed by atoms with Crippen molar-refractivity contribution in [3.05, 3.63) is 117 Å². The Morgan fingerprint density at radius 3 is 1.84 bits per heavy atom. The highest BCUT2D eigenvalue weighted by molar-refractivity contribution is 5.68. The van der Waals surface area contributed by atoms with Crippen LogP contribution in [0.15, 0.2) is 54.6 Å². The van der Waals surface area contributed by atoms with E-state index >= 15 is 8.78 Å². The maximum absolute atomic E-state index is 15.4. The third kappa shape index (κ3) is 6.47. The van der Waals surface area contributed by atoms with Crippen LogP contribution in [0.5, 0.6) is 5.75 Å². The summed E-state index contributed by atoms with van der Waals surface area (Å²) in [7, 11) is 0. The van der Waals surface area contributed by atoms with E-state index in [4.69, 9.17) is 4.74 Å². The number of hydrogen-bond donors (Lipinski definition) is 0. The fourth-order valence-corrected chi connectivity index (χ4v) is 6.85. The molecular formula is C37H38F6O. The van der Waals surface area contributed by atoms with E-state index in [1.165, 1.54) is 12.1 Å². The topological polar surface area (TPSA) is 9.23 Å². The third-order valence-corrected chi connectivity index (χ3v) is 9.30. The van der Waals surface area contributed by atoms with Crippen molar-refractivity contribution in [1.82, 2.24) is 0 Å². The van der Waals surface area contributed by atoms with Gasteiger partial charge in [-0.05, 0) is 129 Å². The molecule has 0 aromatic heterocycles. The van der Waals surface area contributed by atoms with Gasteiger partial charge in [0.2, 0.25) is 5.82 Å². The van der Waals surface area contributed by atoms with E-state index in [1.807, 2.05) is 19.1 Å². The fraction of sp³-hybridized carbons (Fsp3) is 0.405. The van der Waals surface area contributed by atoms with Gasteiger partial charge in [-0.2, -0.15) is 4.39 Å². The van der Waals surface area contributed by atoms with Crippen LogP contribution in [0.2, 0.25) is 0 Å². The average molecular weight is 613 g/mol. The molecule has 0 heterocycles. The Balaban J connectivity index is 1.24. The molecule has 0 spiro atoms. The number of rotatable bonds is 9. The summed E-state index contributed by atoms with van der Waals surface area (Å²) in [4.78, 5) is 0. The summed E-state index contributed by atoms with van der Waals surface area (Å²) < 4.78 is 94.8. The molecule has 3 aromatic carbocycles. The highest BCUT2D eigenvalue weighted by Gasteiger charge is 2.31. The zero-order valence-electron chi connectivity index (χ0n) is 25.2. The van der Waals surface area contributed by atoms with Gasteiger partial charge in [0.05, 0.1) is 6.61 Å². The second kappa shape index (κ2) is 14.1. The highest BCUT2D eigenvalue weighted by Crippen LogP contribution is 2.44. The van der Waals surface area contributed by atoms with E-state index in [2.05, 4.69) is 0 Å². The predicted octanol–water partition coefficient (Wildman–Crippen LogP) is 11.2. The van der Waals surface area contributed by atoms with Crippen LogP contribution in [0, 0.1) is 34.9 Å². The lowest BCUT2D eigenvalue weighted by molar-refractivity contribution is 0.314. The molecule has 5 rings (SSSR count). The molecule has 7 heteroatoms. The largest absolute Gasteiger partial charge is 0.491 e. The van der Waals surface area contributed by atoms with Crippen LogP contribution in [0.4, 0.5) is 26.3 Å². The molecule has 1 nitrogen and oxygen atoms in total. The Morgan fingerprint density at radius 1 is 0.682 bits per heavy atom. The van der Waals surface area contributed by atoms with Gasteiger partial charge < -0.3 is 4.74 Å². The minimum Gasteiger partial charge on any atom is -0.491 e. The molecular weight excluding hydrogens is 574 g/mol. The van der Waals surface area contributed by atoms with Gasteiger partial charge in [0.15, 0.2) is 34.8 Å². The standard InChI is InChI=1S/C37H38F6O/c1-3-5-6-7-26-16-17-27(33(39)32(26)38)22-8-10-23(11-9-22)28-18-19-29(35(41)34(28)40)24-12-14-25(15-13-24)30-20-21-31(44-4-2)37(43)36(30)42/h3,5,14,16-24H,4,6-13,15H2,1-2H3/b5-3+. The van der Waals surface area contributed by atoms with Crippen LogP contribution in [0.1, 0.15) is 111 Å². The van der Waals surface area contributed by atoms with E-state index in [9.17, 15) is 17.6 Å². The van der Waals surface area contributed by atoms with Gasteiger partial charge in [-0.3, -0.25) is 0 Å². The molecule has 3 aromatic rings. The van der Waals surface area contributed by atoms with Crippen molar-refractivity contribution in [3.8, 4) is 5.75 Å². The van der Waals surface area contributed by atoms with Gasteiger partial charge in [0.25, 0.3) is 0 Å². The van der Waals surface area contributed by atoms with Crippen molar-refractivity contribution in [2.24, 2.45) is 0 Å². The molecule has 1 fully saturated rings. The second-order valence-corrected chi connectivity index (χ2v) is 11.8. The Bertz CT molecular complexity index is 1550. The fourth-order valence-electron chi connectivity index (χ4n) is 6.85. The Morgan fingerprint density at radius 2 is 1.27 bits per heavy atom. The Kier molecular flexibility index (Phi) is 10.2. The lowest BCUT2D eigenvalue weighted by Crippen LogP contribution is -2.16. The average Bonchev–Trinajstić information content (AvgIpc) is 3.03. The normalized spacial score (nSPS) is 20.6. The summed E-state index contributed by atoms with van der Waals surface area (Å²) in [5.74, 6) is -6.13. The summed E-state index contributed by atoms with van der Waals surface area (Å²) in [6.07, 6.45) is 10.1. The van der Waals surface area contributed by atoms with E-state index in [0.29, 0.717) is 80.1 Å².